The van der Waals surface area contributed by atoms with Crippen molar-refractivity contribution in [3.63, 3.8) is 0 Å². The van der Waals surface area contributed by atoms with Gasteiger partial charge in [0, 0.05) is 12.8 Å². The summed E-state index contributed by atoms with van der Waals surface area (Å²) in [5.74, 6) is 2.28. The molecule has 1 aromatic rings. The van der Waals surface area contributed by atoms with Gasteiger partial charge in [-0.1, -0.05) is 31.8 Å². The first kappa shape index (κ1) is 13.2. The lowest BCUT2D eigenvalue weighted by atomic mass is 9.94. The average Bonchev–Trinajstić information content (AvgIpc) is 2.74. The highest BCUT2D eigenvalue weighted by Gasteiger charge is 2.10. The molecular formula is C12H23N3O. The molecule has 0 spiro atoms. The minimum Gasteiger partial charge on any atom is -0.339 e. The van der Waals surface area contributed by atoms with Gasteiger partial charge >= 0.3 is 0 Å². The minimum absolute atomic E-state index is 0.701. The van der Waals surface area contributed by atoms with Gasteiger partial charge in [0.05, 0.1) is 0 Å². The molecular weight excluding hydrogens is 202 g/mol. The summed E-state index contributed by atoms with van der Waals surface area (Å²) in [6.07, 6.45) is 6.39. The van der Waals surface area contributed by atoms with Crippen LogP contribution in [0.1, 0.15) is 51.2 Å². The highest BCUT2D eigenvalue weighted by atomic mass is 16.5. The van der Waals surface area contributed by atoms with Gasteiger partial charge < -0.3 is 10.3 Å². The standard InChI is InChI=1S/C12H23N3O/c1-3-5-10(8-9-13)6-7-12-14-11(4-2)15-16-12/h10H,3-9,13H2,1-2H3. The molecule has 92 valence electrons. The Morgan fingerprint density at radius 1 is 1.25 bits per heavy atom. The van der Waals surface area contributed by atoms with Gasteiger partial charge in [0.1, 0.15) is 0 Å². The number of rotatable bonds is 8. The Bertz CT molecular complexity index is 280. The van der Waals surface area contributed by atoms with E-state index in [1.807, 2.05) is 6.92 Å². The van der Waals surface area contributed by atoms with Gasteiger partial charge in [0.2, 0.25) is 5.89 Å². The normalized spacial score (nSPS) is 12.9. The van der Waals surface area contributed by atoms with Crippen molar-refractivity contribution in [1.29, 1.82) is 0 Å². The lowest BCUT2D eigenvalue weighted by Crippen LogP contribution is -2.09. The Balaban J connectivity index is 2.35. The van der Waals surface area contributed by atoms with Crippen molar-refractivity contribution in [3.05, 3.63) is 11.7 Å². The second-order valence-corrected chi connectivity index (χ2v) is 4.23. The van der Waals surface area contributed by atoms with Gasteiger partial charge in [0.15, 0.2) is 5.82 Å². The van der Waals surface area contributed by atoms with Gasteiger partial charge in [-0.05, 0) is 25.3 Å². The van der Waals surface area contributed by atoms with E-state index in [0.717, 1.165) is 43.9 Å². The molecule has 1 heterocycles. The molecule has 0 aliphatic carbocycles. The van der Waals surface area contributed by atoms with Crippen LogP contribution in [0.4, 0.5) is 0 Å². The van der Waals surface area contributed by atoms with E-state index < -0.39 is 0 Å². The molecule has 0 aliphatic rings. The zero-order valence-corrected chi connectivity index (χ0v) is 10.4. The lowest BCUT2D eigenvalue weighted by Gasteiger charge is -2.13. The summed E-state index contributed by atoms with van der Waals surface area (Å²) in [6, 6.07) is 0. The van der Waals surface area contributed by atoms with Crippen molar-refractivity contribution in [2.75, 3.05) is 6.54 Å². The molecule has 1 unspecified atom stereocenters. The van der Waals surface area contributed by atoms with Gasteiger partial charge in [-0.3, -0.25) is 0 Å². The molecule has 4 heteroatoms. The Kier molecular flexibility index (Phi) is 6.08. The van der Waals surface area contributed by atoms with Crippen molar-refractivity contribution in [2.45, 2.75) is 52.4 Å². The van der Waals surface area contributed by atoms with E-state index in [1.165, 1.54) is 12.8 Å². The first-order valence-corrected chi connectivity index (χ1v) is 6.31. The molecule has 16 heavy (non-hydrogen) atoms. The SMILES string of the molecule is CCCC(CCN)CCc1nc(CC)no1. The van der Waals surface area contributed by atoms with Crippen LogP contribution >= 0.6 is 0 Å². The summed E-state index contributed by atoms with van der Waals surface area (Å²) < 4.78 is 5.17. The second kappa shape index (κ2) is 7.39. The fourth-order valence-electron chi connectivity index (χ4n) is 1.94. The number of nitrogens with zero attached hydrogens (tertiary/aromatic N) is 2. The molecule has 0 amide bonds. The van der Waals surface area contributed by atoms with Gasteiger partial charge in [-0.2, -0.15) is 4.98 Å². The first-order valence-electron chi connectivity index (χ1n) is 6.31. The maximum atomic E-state index is 5.60. The zero-order chi connectivity index (χ0) is 11.8. The van der Waals surface area contributed by atoms with Crippen LogP contribution in [0.5, 0.6) is 0 Å². The molecule has 0 saturated carbocycles. The van der Waals surface area contributed by atoms with Crippen LogP contribution < -0.4 is 5.73 Å². The molecule has 0 aromatic carbocycles. The topological polar surface area (TPSA) is 64.9 Å². The predicted octanol–water partition coefficient (Wildman–Crippen LogP) is 2.33. The molecule has 0 radical (unpaired) electrons. The molecule has 0 fully saturated rings. The third-order valence-electron chi connectivity index (χ3n) is 2.86. The smallest absolute Gasteiger partial charge is 0.226 e. The quantitative estimate of drug-likeness (QED) is 0.737. The van der Waals surface area contributed by atoms with E-state index in [9.17, 15) is 0 Å². The number of nitrogens with two attached hydrogens (primary N) is 1. The first-order chi connectivity index (χ1) is 7.80. The third kappa shape index (κ3) is 4.31. The summed E-state index contributed by atoms with van der Waals surface area (Å²) in [4.78, 5) is 4.31. The molecule has 0 aliphatic heterocycles. The number of aromatic nitrogens is 2. The maximum absolute atomic E-state index is 5.60. The van der Waals surface area contributed by atoms with Crippen LogP contribution in [0.3, 0.4) is 0 Å². The van der Waals surface area contributed by atoms with Crippen LogP contribution in [-0.4, -0.2) is 16.7 Å². The summed E-state index contributed by atoms with van der Waals surface area (Å²) in [6.45, 7) is 5.02. The third-order valence-corrected chi connectivity index (χ3v) is 2.86. The summed E-state index contributed by atoms with van der Waals surface area (Å²) >= 11 is 0. The summed E-state index contributed by atoms with van der Waals surface area (Å²) in [7, 11) is 0. The fraction of sp³-hybridized carbons (Fsp3) is 0.833. The van der Waals surface area contributed by atoms with Gasteiger partial charge in [-0.25, -0.2) is 0 Å². The zero-order valence-electron chi connectivity index (χ0n) is 10.4. The molecule has 4 nitrogen and oxygen atoms in total. The Labute approximate surface area is 97.6 Å². The van der Waals surface area contributed by atoms with Gasteiger partial charge in [-0.15, -0.1) is 0 Å². The molecule has 0 bridgehead atoms. The monoisotopic (exact) mass is 225 g/mol. The van der Waals surface area contributed by atoms with Crippen LogP contribution in [0.2, 0.25) is 0 Å². The minimum atomic E-state index is 0.701. The largest absolute Gasteiger partial charge is 0.339 e. The van der Waals surface area contributed by atoms with E-state index in [2.05, 4.69) is 17.1 Å². The average molecular weight is 225 g/mol. The van der Waals surface area contributed by atoms with Crippen LogP contribution in [0.15, 0.2) is 4.52 Å². The molecule has 2 N–H and O–H groups in total. The maximum Gasteiger partial charge on any atom is 0.226 e. The molecule has 1 atom stereocenters. The predicted molar refractivity (Wildman–Crippen MR) is 64.1 cm³/mol. The molecule has 1 aromatic heterocycles. The van der Waals surface area contributed by atoms with E-state index >= 15 is 0 Å². The summed E-state index contributed by atoms with van der Waals surface area (Å²) in [5, 5.41) is 3.89. The molecule has 0 saturated heterocycles. The van der Waals surface area contributed by atoms with Crippen molar-refractivity contribution >= 4 is 0 Å². The molecule has 1 rings (SSSR count). The van der Waals surface area contributed by atoms with Crippen molar-refractivity contribution < 1.29 is 4.52 Å². The Morgan fingerprint density at radius 2 is 2.06 bits per heavy atom. The number of hydrogen-bond donors (Lipinski definition) is 1. The highest BCUT2D eigenvalue weighted by molar-refractivity contribution is 4.86. The Morgan fingerprint density at radius 3 is 2.62 bits per heavy atom. The fourth-order valence-corrected chi connectivity index (χ4v) is 1.94. The van der Waals surface area contributed by atoms with Crippen LogP contribution in [0, 0.1) is 5.92 Å². The van der Waals surface area contributed by atoms with Crippen molar-refractivity contribution in [3.8, 4) is 0 Å². The van der Waals surface area contributed by atoms with Crippen molar-refractivity contribution in [2.24, 2.45) is 11.7 Å². The van der Waals surface area contributed by atoms with E-state index in [0.29, 0.717) is 5.92 Å². The lowest BCUT2D eigenvalue weighted by molar-refractivity contribution is 0.346. The van der Waals surface area contributed by atoms with Gasteiger partial charge in [0.25, 0.3) is 0 Å². The van der Waals surface area contributed by atoms with Crippen LogP contribution in [0.25, 0.3) is 0 Å². The van der Waals surface area contributed by atoms with Crippen LogP contribution in [-0.2, 0) is 12.8 Å². The second-order valence-electron chi connectivity index (χ2n) is 4.23. The van der Waals surface area contributed by atoms with E-state index in [-0.39, 0.29) is 0 Å². The number of aryl methyl sites for hydroxylation is 2. The van der Waals surface area contributed by atoms with E-state index in [1.54, 1.807) is 0 Å². The van der Waals surface area contributed by atoms with E-state index in [4.69, 9.17) is 10.3 Å². The number of hydrogen-bond acceptors (Lipinski definition) is 4. The summed E-state index contributed by atoms with van der Waals surface area (Å²) in [5.41, 5.74) is 5.60. The van der Waals surface area contributed by atoms with Crippen molar-refractivity contribution in [1.82, 2.24) is 10.1 Å². The highest BCUT2D eigenvalue weighted by Crippen LogP contribution is 2.17. The Hall–Kier alpha value is -0.900.